The van der Waals surface area contributed by atoms with Gasteiger partial charge in [0.2, 0.25) is 0 Å². The lowest BCUT2D eigenvalue weighted by Crippen LogP contribution is -2.60. The predicted octanol–water partition coefficient (Wildman–Crippen LogP) is 4.78. The number of phenols is 1. The average molecular weight is 650 g/mol. The first-order valence-electron chi connectivity index (χ1n) is 16.6. The molecule has 4 N–H and O–H groups in total. The normalized spacial score (nSPS) is 27.2. The first kappa shape index (κ1) is 30.5. The summed E-state index contributed by atoms with van der Waals surface area (Å²) in [7, 11) is 0. The van der Waals surface area contributed by atoms with Crippen molar-refractivity contribution in [2.24, 2.45) is 5.92 Å². The van der Waals surface area contributed by atoms with Crippen molar-refractivity contribution in [3.8, 4) is 28.6 Å². The van der Waals surface area contributed by atoms with Gasteiger partial charge in [-0.15, -0.1) is 0 Å². The number of fused-ring (bicyclic) bond motifs is 6. The molecule has 6 atom stereocenters. The number of alkyl halides is 1. The van der Waals surface area contributed by atoms with Gasteiger partial charge in [0.05, 0.1) is 29.7 Å². The van der Waals surface area contributed by atoms with Crippen LogP contribution in [0.5, 0.6) is 17.5 Å². The standard InChI is InChI=1S/C35H38F3N5O4/c1-2-18-4-3-5-19-10-22(44)11-24(27(18)19)28-30(37)32-29-33(31(28)38)46-16-26-25-7-6-21(40-25)14-43(26)34(29)42-35(41-32)47-15-17-8-20(36)12-39-13-23(45)9-17/h3-5,10-11,17,20-21,23,25-26,39-40,44-45H,2,6-9,12-16H2,1H3. The zero-order valence-electron chi connectivity index (χ0n) is 26.1. The number of nitrogens with zero attached hydrogens (tertiary/aromatic N) is 3. The minimum atomic E-state index is -1.11. The molecule has 3 aromatic carbocycles. The van der Waals surface area contributed by atoms with E-state index in [1.807, 2.05) is 19.1 Å². The lowest BCUT2D eigenvalue weighted by Gasteiger charge is -2.40. The Hall–Kier alpha value is -3.87. The van der Waals surface area contributed by atoms with E-state index in [2.05, 4.69) is 20.5 Å². The molecule has 2 bridgehead atoms. The summed E-state index contributed by atoms with van der Waals surface area (Å²) in [5, 5.41) is 29.0. The summed E-state index contributed by atoms with van der Waals surface area (Å²) in [6.07, 6.45) is 1.23. The number of nitrogens with one attached hydrogen (secondary N) is 2. The van der Waals surface area contributed by atoms with Crippen LogP contribution in [-0.2, 0) is 6.42 Å². The lowest BCUT2D eigenvalue weighted by atomic mass is 9.91. The fraction of sp³-hybridized carbons (Fsp3) is 0.486. The number of rotatable bonds is 5. The summed E-state index contributed by atoms with van der Waals surface area (Å²) < 4.78 is 60.9. The van der Waals surface area contributed by atoms with Crippen LogP contribution < -0.4 is 25.0 Å². The van der Waals surface area contributed by atoms with E-state index in [0.29, 0.717) is 36.0 Å². The molecule has 0 aliphatic carbocycles. The molecule has 4 aromatic rings. The SMILES string of the molecule is CCc1cccc2cc(O)cc(-c3c(F)c4c5c(nc(OCC6CC(O)CNCC(F)C6)nc5c3F)N3CC5CCC(N5)C3CO4)c12. The summed E-state index contributed by atoms with van der Waals surface area (Å²) in [4.78, 5) is 11.3. The highest BCUT2D eigenvalue weighted by Crippen LogP contribution is 2.48. The molecule has 12 heteroatoms. The minimum Gasteiger partial charge on any atom is -0.508 e. The molecule has 3 fully saturated rings. The van der Waals surface area contributed by atoms with Crippen LogP contribution in [0.2, 0.25) is 0 Å². The maximum atomic E-state index is 17.1. The van der Waals surface area contributed by atoms with Crippen molar-refractivity contribution in [3.05, 3.63) is 47.5 Å². The molecular formula is C35H38F3N5O4. The third-order valence-electron chi connectivity index (χ3n) is 10.3. The number of phenolic OH excluding ortho intramolecular Hbond substituents is 1. The monoisotopic (exact) mass is 649 g/mol. The summed E-state index contributed by atoms with van der Waals surface area (Å²) in [6.45, 7) is 3.14. The van der Waals surface area contributed by atoms with Gasteiger partial charge < -0.3 is 35.2 Å². The van der Waals surface area contributed by atoms with Gasteiger partial charge in [-0.3, -0.25) is 0 Å². The number of benzene rings is 3. The Bertz CT molecular complexity index is 1850. The number of aryl methyl sites for hydroxylation is 1. The number of halogens is 3. The smallest absolute Gasteiger partial charge is 0.319 e. The Kier molecular flexibility index (Phi) is 7.76. The van der Waals surface area contributed by atoms with Crippen LogP contribution >= 0.6 is 0 Å². The first-order valence-corrected chi connectivity index (χ1v) is 16.6. The van der Waals surface area contributed by atoms with Crippen LogP contribution in [0.1, 0.15) is 38.2 Å². The van der Waals surface area contributed by atoms with Gasteiger partial charge in [0.25, 0.3) is 0 Å². The molecule has 0 amide bonds. The van der Waals surface area contributed by atoms with Crippen molar-refractivity contribution in [2.75, 3.05) is 37.7 Å². The second-order valence-electron chi connectivity index (χ2n) is 13.4. The van der Waals surface area contributed by atoms with Gasteiger partial charge in [-0.2, -0.15) is 9.97 Å². The number of hydrogen-bond acceptors (Lipinski definition) is 9. The highest BCUT2D eigenvalue weighted by atomic mass is 19.1. The number of aromatic nitrogens is 2. The van der Waals surface area contributed by atoms with Crippen LogP contribution in [-0.4, -0.2) is 83.4 Å². The molecule has 0 saturated carbocycles. The quantitative estimate of drug-likeness (QED) is 0.243. The molecule has 3 saturated heterocycles. The van der Waals surface area contributed by atoms with E-state index in [9.17, 15) is 14.6 Å². The van der Waals surface area contributed by atoms with Gasteiger partial charge in [0, 0.05) is 31.7 Å². The second kappa shape index (κ2) is 12.0. The van der Waals surface area contributed by atoms with Crippen molar-refractivity contribution in [2.45, 2.75) is 69.4 Å². The van der Waals surface area contributed by atoms with Crippen molar-refractivity contribution < 1.29 is 32.9 Å². The number of hydrogen-bond donors (Lipinski definition) is 4. The van der Waals surface area contributed by atoms with Gasteiger partial charge in [0.15, 0.2) is 17.4 Å². The summed E-state index contributed by atoms with van der Waals surface area (Å²) in [5.74, 6) is -2.03. The zero-order chi connectivity index (χ0) is 32.4. The summed E-state index contributed by atoms with van der Waals surface area (Å²) in [6, 6.07) is 8.50. The number of aliphatic hydroxyl groups excluding tert-OH is 1. The van der Waals surface area contributed by atoms with Crippen LogP contribution in [0.3, 0.4) is 0 Å². The largest absolute Gasteiger partial charge is 0.508 e. The van der Waals surface area contributed by atoms with Crippen LogP contribution in [0.25, 0.3) is 32.8 Å². The highest BCUT2D eigenvalue weighted by molar-refractivity contribution is 6.05. The molecule has 4 aliphatic heterocycles. The third kappa shape index (κ3) is 5.30. The number of aliphatic hydroxyl groups is 1. The molecule has 5 heterocycles. The maximum absolute atomic E-state index is 17.1. The molecule has 47 heavy (non-hydrogen) atoms. The Morgan fingerprint density at radius 2 is 1.96 bits per heavy atom. The second-order valence-corrected chi connectivity index (χ2v) is 13.4. The molecule has 248 valence electrons. The molecule has 8 rings (SSSR count). The van der Waals surface area contributed by atoms with Crippen LogP contribution in [0.4, 0.5) is 19.0 Å². The summed E-state index contributed by atoms with van der Waals surface area (Å²) in [5.41, 5.74) is 0.571. The van der Waals surface area contributed by atoms with Crippen molar-refractivity contribution in [1.29, 1.82) is 0 Å². The van der Waals surface area contributed by atoms with E-state index in [-0.39, 0.29) is 96.3 Å². The Morgan fingerprint density at radius 1 is 1.09 bits per heavy atom. The topological polar surface area (TPSA) is 112 Å². The van der Waals surface area contributed by atoms with Crippen LogP contribution in [0.15, 0.2) is 30.3 Å². The van der Waals surface area contributed by atoms with E-state index in [1.54, 1.807) is 12.1 Å². The number of anilines is 1. The highest BCUT2D eigenvalue weighted by Gasteiger charge is 2.44. The van der Waals surface area contributed by atoms with Gasteiger partial charge in [-0.25, -0.2) is 13.2 Å². The molecular weight excluding hydrogens is 611 g/mol. The Morgan fingerprint density at radius 3 is 2.81 bits per heavy atom. The molecule has 4 aliphatic rings. The van der Waals surface area contributed by atoms with Gasteiger partial charge in [-0.1, -0.05) is 25.1 Å². The number of piperazine rings is 1. The molecule has 1 aromatic heterocycles. The van der Waals surface area contributed by atoms with Crippen LogP contribution in [0, 0.1) is 17.6 Å². The lowest BCUT2D eigenvalue weighted by molar-refractivity contribution is 0.0859. The fourth-order valence-corrected chi connectivity index (χ4v) is 8.11. The average Bonchev–Trinajstić information content (AvgIpc) is 3.35. The molecule has 0 spiro atoms. The van der Waals surface area contributed by atoms with Gasteiger partial charge >= 0.3 is 6.01 Å². The number of aromatic hydroxyl groups is 1. The van der Waals surface area contributed by atoms with Crippen molar-refractivity contribution in [1.82, 2.24) is 20.6 Å². The fourth-order valence-electron chi connectivity index (χ4n) is 8.11. The number of β-amino-alcohol motifs (C(OH)–C–C–N with tert-alkyl or cyclic N) is 1. The summed E-state index contributed by atoms with van der Waals surface area (Å²) >= 11 is 0. The van der Waals surface area contributed by atoms with E-state index >= 15 is 8.78 Å². The maximum Gasteiger partial charge on any atom is 0.319 e. The minimum absolute atomic E-state index is 0.0226. The predicted molar refractivity (Wildman–Crippen MR) is 172 cm³/mol. The van der Waals surface area contributed by atoms with Crippen molar-refractivity contribution >= 4 is 27.5 Å². The van der Waals surface area contributed by atoms with E-state index < -0.39 is 23.9 Å². The zero-order valence-corrected chi connectivity index (χ0v) is 26.1. The van der Waals surface area contributed by atoms with E-state index in [4.69, 9.17) is 14.5 Å². The first-order chi connectivity index (χ1) is 22.8. The van der Waals surface area contributed by atoms with Gasteiger partial charge in [-0.05, 0) is 72.1 Å². The molecule has 6 unspecified atom stereocenters. The van der Waals surface area contributed by atoms with Gasteiger partial charge in [0.1, 0.15) is 29.9 Å². The number of ether oxygens (including phenoxy) is 2. The van der Waals surface area contributed by atoms with Crippen molar-refractivity contribution in [3.63, 3.8) is 0 Å². The molecule has 9 nitrogen and oxygen atoms in total. The Balaban J connectivity index is 1.31. The molecule has 0 radical (unpaired) electrons. The third-order valence-corrected chi connectivity index (χ3v) is 10.3. The van der Waals surface area contributed by atoms with E-state index in [1.165, 1.54) is 6.07 Å². The van der Waals surface area contributed by atoms with E-state index in [0.717, 1.165) is 18.4 Å². The Labute approximate surface area is 270 Å².